The van der Waals surface area contributed by atoms with E-state index in [9.17, 15) is 0 Å². The van der Waals surface area contributed by atoms with Gasteiger partial charge in [-0.1, -0.05) is 86.7 Å². The SMILES string of the molecule is CC1C=C(c2ccccc2)[C@@H]2C(C)[C@@H]2C(c2ccccc2)=C1. The molecule has 0 bridgehead atoms. The van der Waals surface area contributed by atoms with Crippen molar-refractivity contribution >= 4 is 11.1 Å². The van der Waals surface area contributed by atoms with Crippen molar-refractivity contribution in [3.8, 4) is 0 Å². The van der Waals surface area contributed by atoms with Crippen molar-refractivity contribution in [2.24, 2.45) is 23.7 Å². The molecule has 110 valence electrons. The largest absolute Gasteiger partial charge is 0.0738 e. The molecule has 0 amide bonds. The third-order valence-electron chi connectivity index (χ3n) is 5.20. The highest BCUT2D eigenvalue weighted by molar-refractivity contribution is 5.81. The van der Waals surface area contributed by atoms with E-state index >= 15 is 0 Å². The van der Waals surface area contributed by atoms with Crippen molar-refractivity contribution < 1.29 is 0 Å². The van der Waals surface area contributed by atoms with Crippen LogP contribution in [0.1, 0.15) is 25.0 Å². The van der Waals surface area contributed by atoms with E-state index in [1.807, 2.05) is 0 Å². The molecule has 0 nitrogen and oxygen atoms in total. The Hall–Kier alpha value is -2.08. The van der Waals surface area contributed by atoms with Gasteiger partial charge in [-0.05, 0) is 45.9 Å². The van der Waals surface area contributed by atoms with Crippen LogP contribution in [0.2, 0.25) is 0 Å². The summed E-state index contributed by atoms with van der Waals surface area (Å²) in [5.74, 6) is 2.59. The van der Waals surface area contributed by atoms with Gasteiger partial charge in [-0.3, -0.25) is 0 Å². The highest BCUT2D eigenvalue weighted by atomic mass is 14.5. The number of fused-ring (bicyclic) bond motifs is 1. The van der Waals surface area contributed by atoms with E-state index in [2.05, 4.69) is 86.7 Å². The average Bonchev–Trinajstić information content (AvgIpc) is 3.25. The fourth-order valence-corrected chi connectivity index (χ4v) is 4.09. The molecular formula is C22H22. The van der Waals surface area contributed by atoms with Crippen molar-refractivity contribution in [3.05, 3.63) is 83.9 Å². The second-order valence-electron chi connectivity index (χ2n) is 6.75. The summed E-state index contributed by atoms with van der Waals surface area (Å²) < 4.78 is 0. The van der Waals surface area contributed by atoms with Crippen LogP contribution in [0.3, 0.4) is 0 Å². The zero-order valence-electron chi connectivity index (χ0n) is 13.2. The second-order valence-corrected chi connectivity index (χ2v) is 6.75. The Bertz CT molecular complexity index is 658. The predicted octanol–water partition coefficient (Wildman–Crippen LogP) is 5.69. The minimum Gasteiger partial charge on any atom is -0.0738 e. The molecule has 22 heavy (non-hydrogen) atoms. The molecule has 0 radical (unpaired) electrons. The Morgan fingerprint density at radius 1 is 0.591 bits per heavy atom. The fraction of sp³-hybridized carbons (Fsp3) is 0.273. The van der Waals surface area contributed by atoms with Gasteiger partial charge in [0.25, 0.3) is 0 Å². The maximum Gasteiger partial charge on any atom is -0.00555 e. The van der Waals surface area contributed by atoms with E-state index in [4.69, 9.17) is 0 Å². The van der Waals surface area contributed by atoms with Gasteiger partial charge >= 0.3 is 0 Å². The monoisotopic (exact) mass is 286 g/mol. The number of hydrogen-bond acceptors (Lipinski definition) is 0. The molecule has 0 aromatic heterocycles. The van der Waals surface area contributed by atoms with Crippen LogP contribution in [0.15, 0.2) is 72.8 Å². The molecule has 2 aliphatic carbocycles. The summed E-state index contributed by atoms with van der Waals surface area (Å²) in [7, 11) is 0. The molecular weight excluding hydrogens is 264 g/mol. The number of rotatable bonds is 2. The molecule has 2 aromatic carbocycles. The van der Waals surface area contributed by atoms with Gasteiger partial charge in [-0.2, -0.15) is 0 Å². The Labute approximate surface area is 133 Å². The standard InChI is InChI=1S/C22H22/c1-15-13-19(17-9-5-3-6-10-17)21-16(2)22(21)20(14-15)18-11-7-4-8-12-18/h3-16,21-22H,1-2H3/t15?,16?,21-,22+. The average molecular weight is 286 g/mol. The maximum absolute atomic E-state index is 2.48. The van der Waals surface area contributed by atoms with Crippen LogP contribution in [-0.2, 0) is 0 Å². The first-order valence-corrected chi connectivity index (χ1v) is 8.30. The highest BCUT2D eigenvalue weighted by Gasteiger charge is 2.51. The van der Waals surface area contributed by atoms with Crippen LogP contribution in [-0.4, -0.2) is 0 Å². The Morgan fingerprint density at radius 2 is 1.00 bits per heavy atom. The van der Waals surface area contributed by atoms with Crippen molar-refractivity contribution in [1.29, 1.82) is 0 Å². The van der Waals surface area contributed by atoms with Crippen molar-refractivity contribution in [1.82, 2.24) is 0 Å². The van der Waals surface area contributed by atoms with Crippen LogP contribution in [0, 0.1) is 23.7 Å². The first-order valence-electron chi connectivity index (χ1n) is 8.30. The first-order chi connectivity index (χ1) is 10.8. The molecule has 1 saturated carbocycles. The minimum atomic E-state index is 0.491. The van der Waals surface area contributed by atoms with Gasteiger partial charge in [-0.25, -0.2) is 0 Å². The predicted molar refractivity (Wildman–Crippen MR) is 94.1 cm³/mol. The summed E-state index contributed by atoms with van der Waals surface area (Å²) in [4.78, 5) is 0. The Balaban J connectivity index is 1.74. The van der Waals surface area contributed by atoms with Crippen LogP contribution in [0.5, 0.6) is 0 Å². The lowest BCUT2D eigenvalue weighted by Crippen LogP contribution is -1.92. The molecule has 2 aromatic rings. The van der Waals surface area contributed by atoms with Gasteiger partial charge in [0.05, 0.1) is 0 Å². The van der Waals surface area contributed by atoms with Gasteiger partial charge in [0.1, 0.15) is 0 Å². The molecule has 0 spiro atoms. The second kappa shape index (κ2) is 5.28. The minimum absolute atomic E-state index is 0.491. The summed E-state index contributed by atoms with van der Waals surface area (Å²) in [6.07, 6.45) is 4.96. The lowest BCUT2D eigenvalue weighted by molar-refractivity contribution is 0.864. The van der Waals surface area contributed by atoms with Gasteiger partial charge in [0.15, 0.2) is 0 Å². The van der Waals surface area contributed by atoms with E-state index in [0.717, 1.165) is 5.92 Å². The number of benzene rings is 2. The van der Waals surface area contributed by atoms with E-state index < -0.39 is 0 Å². The summed E-state index contributed by atoms with van der Waals surface area (Å²) in [5, 5.41) is 0. The lowest BCUT2D eigenvalue weighted by atomic mass is 9.96. The third-order valence-corrected chi connectivity index (χ3v) is 5.20. The van der Waals surface area contributed by atoms with Crippen LogP contribution < -0.4 is 0 Å². The number of allylic oxidation sites excluding steroid dienone is 4. The summed E-state index contributed by atoms with van der Waals surface area (Å²) in [6.45, 7) is 4.71. The van der Waals surface area contributed by atoms with Crippen molar-refractivity contribution in [3.63, 3.8) is 0 Å². The number of hydrogen-bond donors (Lipinski definition) is 0. The van der Waals surface area contributed by atoms with E-state index in [-0.39, 0.29) is 0 Å². The molecule has 4 atom stereocenters. The molecule has 0 heterocycles. The quantitative estimate of drug-likeness (QED) is 0.665. The molecule has 0 N–H and O–H groups in total. The van der Waals surface area contributed by atoms with Gasteiger partial charge < -0.3 is 0 Å². The van der Waals surface area contributed by atoms with Gasteiger partial charge in [-0.15, -0.1) is 0 Å². The highest BCUT2D eigenvalue weighted by Crippen LogP contribution is 2.61. The molecule has 0 heteroatoms. The third kappa shape index (κ3) is 2.23. The van der Waals surface area contributed by atoms with Crippen LogP contribution >= 0.6 is 0 Å². The van der Waals surface area contributed by atoms with Gasteiger partial charge in [0.2, 0.25) is 0 Å². The van der Waals surface area contributed by atoms with Crippen molar-refractivity contribution in [2.45, 2.75) is 13.8 Å². The van der Waals surface area contributed by atoms with Crippen LogP contribution in [0.25, 0.3) is 11.1 Å². The Kier molecular flexibility index (Phi) is 3.26. The molecule has 0 saturated heterocycles. The molecule has 4 rings (SSSR count). The molecule has 0 aliphatic heterocycles. The van der Waals surface area contributed by atoms with Crippen molar-refractivity contribution in [2.75, 3.05) is 0 Å². The van der Waals surface area contributed by atoms with E-state index in [0.29, 0.717) is 17.8 Å². The van der Waals surface area contributed by atoms with Crippen LogP contribution in [0.4, 0.5) is 0 Å². The normalized spacial score (nSPS) is 29.9. The molecule has 2 unspecified atom stereocenters. The fourth-order valence-electron chi connectivity index (χ4n) is 4.09. The van der Waals surface area contributed by atoms with E-state index in [1.54, 1.807) is 11.1 Å². The lowest BCUT2D eigenvalue weighted by Gasteiger charge is -2.09. The Morgan fingerprint density at radius 3 is 1.41 bits per heavy atom. The summed E-state index contributed by atoms with van der Waals surface area (Å²) >= 11 is 0. The van der Waals surface area contributed by atoms with Gasteiger partial charge in [0, 0.05) is 0 Å². The topological polar surface area (TPSA) is 0 Å². The smallest absolute Gasteiger partial charge is 0.00555 e. The molecule has 2 aliphatic rings. The molecule has 1 fully saturated rings. The zero-order valence-corrected chi connectivity index (χ0v) is 13.2. The van der Waals surface area contributed by atoms with E-state index in [1.165, 1.54) is 11.1 Å². The zero-order chi connectivity index (χ0) is 15.1. The maximum atomic E-state index is 2.48. The summed E-state index contributed by atoms with van der Waals surface area (Å²) in [5.41, 5.74) is 5.90. The summed E-state index contributed by atoms with van der Waals surface area (Å²) in [6, 6.07) is 21.8. The first kappa shape index (κ1) is 13.6.